The predicted octanol–water partition coefficient (Wildman–Crippen LogP) is 0.673. The highest BCUT2D eigenvalue weighted by Gasteiger charge is 1.96. The van der Waals surface area contributed by atoms with E-state index in [4.69, 9.17) is 4.42 Å². The first-order chi connectivity index (χ1) is 7.19. The zero-order valence-electron chi connectivity index (χ0n) is 8.40. The Kier molecular flexibility index (Phi) is 3.74. The van der Waals surface area contributed by atoms with Crippen molar-refractivity contribution in [3.8, 4) is 0 Å². The van der Waals surface area contributed by atoms with E-state index >= 15 is 0 Å². The topological polar surface area (TPSA) is 59.6 Å². The number of rotatable bonds is 3. The third kappa shape index (κ3) is 2.74. The van der Waals surface area contributed by atoms with Gasteiger partial charge in [0.1, 0.15) is 5.42 Å². The van der Waals surface area contributed by atoms with Crippen molar-refractivity contribution in [2.45, 2.75) is 13.3 Å². The molecule has 0 bridgehead atoms. The molecule has 1 rings (SSSR count). The summed E-state index contributed by atoms with van der Waals surface area (Å²) in [6.07, 6.45) is 4.94. The number of hydrogen-bond donors (Lipinski definition) is 0. The monoisotopic (exact) mass is 205 g/mol. The summed E-state index contributed by atoms with van der Waals surface area (Å²) in [6, 6.07) is 1.42. The first kappa shape index (κ1) is 11.1. The fourth-order valence-electron chi connectivity index (χ4n) is 1.27. The number of allylic oxidation sites excluding steroid dienone is 1. The minimum atomic E-state index is -0.411. The second kappa shape index (κ2) is 5.05. The average Bonchev–Trinajstić information content (AvgIpc) is 2.20. The lowest BCUT2D eigenvalue weighted by Crippen LogP contribution is -2.31. The first-order valence-corrected chi connectivity index (χ1v) is 4.50. The van der Waals surface area contributed by atoms with Crippen LogP contribution in [0.4, 0.5) is 0 Å². The van der Waals surface area contributed by atoms with Gasteiger partial charge in [0.2, 0.25) is 0 Å². The third-order valence-corrected chi connectivity index (χ3v) is 1.95. The molecule has 0 unspecified atom stereocenters. The molecule has 15 heavy (non-hydrogen) atoms. The fourth-order valence-corrected chi connectivity index (χ4v) is 1.27. The second-order valence-electron chi connectivity index (χ2n) is 2.89. The van der Waals surface area contributed by atoms with Crippen molar-refractivity contribution in [1.29, 1.82) is 0 Å². The van der Waals surface area contributed by atoms with Crippen molar-refractivity contribution in [3.05, 3.63) is 49.9 Å². The molecule has 1 aromatic rings. The number of hydrogen-bond acceptors (Lipinski definition) is 4. The number of nitrogens with zero attached hydrogens (tertiary/aromatic N) is 1. The average molecular weight is 205 g/mol. The van der Waals surface area contributed by atoms with Crippen molar-refractivity contribution in [2.75, 3.05) is 0 Å². The van der Waals surface area contributed by atoms with E-state index in [0.717, 1.165) is 17.0 Å². The van der Waals surface area contributed by atoms with E-state index < -0.39 is 5.63 Å². The Balaban J connectivity index is 3.46. The maximum atomic E-state index is 11.0. The van der Waals surface area contributed by atoms with Crippen LogP contribution in [0.5, 0.6) is 0 Å². The minimum absolute atomic E-state index is 0.301. The largest absolute Gasteiger partial charge is 0.423 e. The molecule has 0 aromatic carbocycles. The van der Waals surface area contributed by atoms with Gasteiger partial charge in [0, 0.05) is 11.3 Å². The van der Waals surface area contributed by atoms with Crippen LogP contribution in [0.25, 0.3) is 12.7 Å². The lowest BCUT2D eigenvalue weighted by molar-refractivity contribution is 0.472. The van der Waals surface area contributed by atoms with Crippen LogP contribution in [0, 0.1) is 4.91 Å². The van der Waals surface area contributed by atoms with Crippen LogP contribution >= 0.6 is 0 Å². The van der Waals surface area contributed by atoms with Gasteiger partial charge in [-0.05, 0) is 29.3 Å². The van der Waals surface area contributed by atoms with Crippen molar-refractivity contribution in [2.24, 2.45) is 5.18 Å². The van der Waals surface area contributed by atoms with Crippen molar-refractivity contribution >= 4 is 12.7 Å². The molecule has 1 aromatic heterocycles. The molecular weight excluding hydrogens is 194 g/mol. The van der Waals surface area contributed by atoms with Crippen molar-refractivity contribution < 1.29 is 4.42 Å². The molecule has 0 radical (unpaired) electrons. The third-order valence-electron chi connectivity index (χ3n) is 1.95. The summed E-state index contributed by atoms with van der Waals surface area (Å²) in [5, 5.41) is 3.30. The number of nitroso groups, excluding NO2 is 1. The Labute approximate surface area is 86.2 Å². The highest BCUT2D eigenvalue weighted by atomic mass is 16.4. The van der Waals surface area contributed by atoms with Crippen LogP contribution in [0.2, 0.25) is 0 Å². The molecule has 0 aliphatic rings. The van der Waals surface area contributed by atoms with Gasteiger partial charge in [-0.2, -0.15) is 0 Å². The van der Waals surface area contributed by atoms with E-state index in [-0.39, 0.29) is 0 Å². The van der Waals surface area contributed by atoms with Crippen molar-refractivity contribution in [1.82, 2.24) is 0 Å². The normalized spacial score (nSPS) is 12.2. The first-order valence-electron chi connectivity index (χ1n) is 4.50. The van der Waals surface area contributed by atoms with Crippen LogP contribution in [-0.4, -0.2) is 0 Å². The standard InChI is InChI=1S/C11H11NO3/c1-3-9-7-11(13)15-8(2)10(9)5-4-6-12-14/h4-7H,2-3H2,1H3/b6-4+,10-5+. The summed E-state index contributed by atoms with van der Waals surface area (Å²) in [6.45, 7) is 5.55. The molecule has 0 spiro atoms. The highest BCUT2D eigenvalue weighted by molar-refractivity contribution is 5.38. The highest BCUT2D eigenvalue weighted by Crippen LogP contribution is 1.86. The van der Waals surface area contributed by atoms with Crippen LogP contribution < -0.4 is 16.3 Å². The van der Waals surface area contributed by atoms with Gasteiger partial charge in [0.25, 0.3) is 0 Å². The fraction of sp³-hybridized carbons (Fsp3) is 0.182. The summed E-state index contributed by atoms with van der Waals surface area (Å²) in [5.41, 5.74) is 0.730. The van der Waals surface area contributed by atoms with E-state index in [1.807, 2.05) is 6.92 Å². The Morgan fingerprint density at radius 1 is 1.60 bits per heavy atom. The molecule has 0 saturated carbocycles. The molecular formula is C11H11NO3. The van der Waals surface area contributed by atoms with Crippen LogP contribution in [0.15, 0.2) is 32.7 Å². The molecule has 4 heteroatoms. The van der Waals surface area contributed by atoms with Gasteiger partial charge in [-0.1, -0.05) is 13.5 Å². The molecule has 1 heterocycles. The van der Waals surface area contributed by atoms with Gasteiger partial charge < -0.3 is 4.42 Å². The van der Waals surface area contributed by atoms with Crippen LogP contribution in [0.3, 0.4) is 0 Å². The molecule has 0 saturated heterocycles. The van der Waals surface area contributed by atoms with Crippen molar-refractivity contribution in [3.63, 3.8) is 0 Å². The molecule has 0 aliphatic carbocycles. The minimum Gasteiger partial charge on any atom is -0.423 e. The molecule has 0 fully saturated rings. The summed E-state index contributed by atoms with van der Waals surface area (Å²) < 4.78 is 4.84. The molecule has 0 amide bonds. The van der Waals surface area contributed by atoms with E-state index in [9.17, 15) is 9.70 Å². The Morgan fingerprint density at radius 2 is 2.33 bits per heavy atom. The lowest BCUT2D eigenvalue weighted by atomic mass is 10.1. The van der Waals surface area contributed by atoms with E-state index in [0.29, 0.717) is 11.8 Å². The lowest BCUT2D eigenvalue weighted by Gasteiger charge is -1.95. The molecule has 78 valence electrons. The zero-order valence-corrected chi connectivity index (χ0v) is 8.40. The van der Waals surface area contributed by atoms with Gasteiger partial charge in [0.15, 0.2) is 0 Å². The predicted molar refractivity (Wildman–Crippen MR) is 58.5 cm³/mol. The second-order valence-corrected chi connectivity index (χ2v) is 2.89. The quantitative estimate of drug-likeness (QED) is 0.681. The zero-order chi connectivity index (χ0) is 11.3. The SMILES string of the molecule is C=c1oc(=O)cc(CC)/c1=C/C=C/N=O. The van der Waals surface area contributed by atoms with Gasteiger partial charge in [-0.15, -0.1) is 4.91 Å². The Hall–Kier alpha value is -1.97. The van der Waals surface area contributed by atoms with Gasteiger partial charge in [0.05, 0.1) is 6.20 Å². The number of aryl methyl sites for hydroxylation is 1. The van der Waals surface area contributed by atoms with Gasteiger partial charge >= 0.3 is 5.63 Å². The maximum absolute atomic E-state index is 11.0. The summed E-state index contributed by atoms with van der Waals surface area (Å²) in [5.74, 6) is 0. The van der Waals surface area contributed by atoms with Gasteiger partial charge in [-0.25, -0.2) is 4.79 Å². The molecule has 0 aliphatic heterocycles. The van der Waals surface area contributed by atoms with E-state index in [1.54, 1.807) is 6.08 Å². The van der Waals surface area contributed by atoms with Crippen LogP contribution in [0.1, 0.15) is 12.5 Å². The molecule has 0 N–H and O–H groups in total. The molecule has 0 atom stereocenters. The Bertz CT molecular complexity index is 540. The summed E-state index contributed by atoms with van der Waals surface area (Å²) in [7, 11) is 0. The molecule has 4 nitrogen and oxygen atoms in total. The Morgan fingerprint density at radius 3 is 2.93 bits per heavy atom. The van der Waals surface area contributed by atoms with Gasteiger partial charge in [-0.3, -0.25) is 0 Å². The van der Waals surface area contributed by atoms with E-state index in [2.05, 4.69) is 11.8 Å². The smallest absolute Gasteiger partial charge is 0.336 e. The van der Waals surface area contributed by atoms with E-state index in [1.165, 1.54) is 12.1 Å². The summed E-state index contributed by atoms with van der Waals surface area (Å²) in [4.78, 5) is 20.9. The summed E-state index contributed by atoms with van der Waals surface area (Å²) >= 11 is 0. The maximum Gasteiger partial charge on any atom is 0.336 e. The van der Waals surface area contributed by atoms with Crippen LogP contribution in [-0.2, 0) is 6.42 Å².